The van der Waals surface area contributed by atoms with Crippen LogP contribution >= 0.6 is 0 Å². The quantitative estimate of drug-likeness (QED) is 0.760. The van der Waals surface area contributed by atoms with Gasteiger partial charge in [-0.3, -0.25) is 9.59 Å². The van der Waals surface area contributed by atoms with Crippen molar-refractivity contribution in [1.29, 1.82) is 0 Å². The second kappa shape index (κ2) is 8.54. The van der Waals surface area contributed by atoms with Crippen LogP contribution in [0.4, 0.5) is 10.1 Å². The molecule has 1 saturated heterocycles. The molecule has 1 fully saturated rings. The molecule has 6 nitrogen and oxygen atoms in total. The van der Waals surface area contributed by atoms with Crippen LogP contribution in [0.5, 0.6) is 0 Å². The summed E-state index contributed by atoms with van der Waals surface area (Å²) in [5.74, 6) is -0.556. The van der Waals surface area contributed by atoms with E-state index in [9.17, 15) is 18.8 Å². The SMILES string of the molecule is CC(=O)CCC(=O)N1CC[NH+](CC(=O)Nc2cccc(F)c2)CC1. The molecule has 0 aromatic heterocycles. The van der Waals surface area contributed by atoms with E-state index in [0.717, 1.165) is 4.90 Å². The summed E-state index contributed by atoms with van der Waals surface area (Å²) < 4.78 is 13.1. The molecule has 1 aromatic carbocycles. The van der Waals surface area contributed by atoms with Crippen molar-refractivity contribution >= 4 is 23.3 Å². The number of amides is 2. The number of ketones is 1. The molecule has 0 bridgehead atoms. The number of piperazine rings is 1. The molecule has 1 heterocycles. The highest BCUT2D eigenvalue weighted by Crippen LogP contribution is 2.08. The summed E-state index contributed by atoms with van der Waals surface area (Å²) in [5, 5.41) is 2.68. The highest BCUT2D eigenvalue weighted by molar-refractivity contribution is 5.91. The van der Waals surface area contributed by atoms with E-state index < -0.39 is 5.82 Å². The lowest BCUT2D eigenvalue weighted by atomic mass is 10.2. The van der Waals surface area contributed by atoms with Crippen LogP contribution < -0.4 is 10.2 Å². The third-order valence-electron chi connectivity index (χ3n) is 4.03. The topological polar surface area (TPSA) is 70.9 Å². The van der Waals surface area contributed by atoms with E-state index in [0.29, 0.717) is 31.9 Å². The Morgan fingerprint density at radius 1 is 1.21 bits per heavy atom. The average molecular weight is 336 g/mol. The van der Waals surface area contributed by atoms with Crippen molar-refractivity contribution in [3.05, 3.63) is 30.1 Å². The van der Waals surface area contributed by atoms with Gasteiger partial charge in [0.2, 0.25) is 5.91 Å². The molecular formula is C17H23FN3O3+. The molecule has 0 aliphatic carbocycles. The van der Waals surface area contributed by atoms with Crippen LogP contribution in [0.15, 0.2) is 24.3 Å². The molecule has 2 amide bonds. The number of Topliss-reactive ketones (excluding diaryl/α,β-unsaturated/α-hetero) is 1. The van der Waals surface area contributed by atoms with Gasteiger partial charge in [0.1, 0.15) is 11.6 Å². The van der Waals surface area contributed by atoms with E-state index in [-0.39, 0.29) is 37.0 Å². The summed E-state index contributed by atoms with van der Waals surface area (Å²) >= 11 is 0. The minimum Gasteiger partial charge on any atom is -0.331 e. The van der Waals surface area contributed by atoms with Gasteiger partial charge in [0.25, 0.3) is 5.91 Å². The first kappa shape index (κ1) is 18.1. The predicted octanol–water partition coefficient (Wildman–Crippen LogP) is -0.139. The standard InChI is InChI=1S/C17H22FN3O3/c1-13(22)5-6-17(24)21-9-7-20(8-10-21)12-16(23)19-15-4-2-3-14(18)11-15/h2-4,11H,5-10,12H2,1H3,(H,19,23)/p+1. The third-order valence-corrected chi connectivity index (χ3v) is 4.03. The second-order valence-corrected chi connectivity index (χ2v) is 6.07. The number of nitrogens with zero attached hydrogens (tertiary/aromatic N) is 1. The first-order valence-electron chi connectivity index (χ1n) is 8.10. The lowest BCUT2D eigenvalue weighted by Gasteiger charge is -2.31. The molecule has 1 aliphatic rings. The molecule has 24 heavy (non-hydrogen) atoms. The number of carbonyl (C=O) groups excluding carboxylic acids is 3. The first-order chi connectivity index (χ1) is 11.4. The summed E-state index contributed by atoms with van der Waals surface area (Å²) in [6.45, 7) is 4.29. The first-order valence-corrected chi connectivity index (χ1v) is 8.10. The van der Waals surface area contributed by atoms with Gasteiger partial charge in [-0.1, -0.05) is 6.07 Å². The molecular weight excluding hydrogens is 313 g/mol. The Kier molecular flexibility index (Phi) is 6.43. The number of halogens is 1. The summed E-state index contributed by atoms with van der Waals surface area (Å²) in [6, 6.07) is 5.79. The van der Waals surface area contributed by atoms with Crippen molar-refractivity contribution in [2.45, 2.75) is 19.8 Å². The molecule has 130 valence electrons. The summed E-state index contributed by atoms with van der Waals surface area (Å²) in [5.41, 5.74) is 0.442. The van der Waals surface area contributed by atoms with Crippen molar-refractivity contribution in [2.75, 3.05) is 38.0 Å². The van der Waals surface area contributed by atoms with E-state index in [1.807, 2.05) is 0 Å². The number of hydrogen-bond donors (Lipinski definition) is 2. The van der Waals surface area contributed by atoms with Crippen LogP contribution in [0, 0.1) is 5.82 Å². The zero-order chi connectivity index (χ0) is 17.5. The Bertz CT molecular complexity index is 613. The van der Waals surface area contributed by atoms with Crippen molar-refractivity contribution < 1.29 is 23.7 Å². The van der Waals surface area contributed by atoms with Gasteiger partial charge >= 0.3 is 0 Å². The average Bonchev–Trinajstić information content (AvgIpc) is 2.53. The van der Waals surface area contributed by atoms with Crippen LogP contribution in [0.2, 0.25) is 0 Å². The molecule has 0 unspecified atom stereocenters. The normalized spacial score (nSPS) is 15.2. The minimum atomic E-state index is -0.391. The molecule has 0 atom stereocenters. The maximum Gasteiger partial charge on any atom is 0.279 e. The van der Waals surface area contributed by atoms with Crippen molar-refractivity contribution in [3.63, 3.8) is 0 Å². The Morgan fingerprint density at radius 3 is 2.54 bits per heavy atom. The van der Waals surface area contributed by atoms with Gasteiger partial charge in [-0.15, -0.1) is 0 Å². The number of rotatable bonds is 6. The Morgan fingerprint density at radius 2 is 1.92 bits per heavy atom. The van der Waals surface area contributed by atoms with E-state index in [4.69, 9.17) is 0 Å². The Labute approximate surface area is 140 Å². The van der Waals surface area contributed by atoms with Crippen LogP contribution in [0.25, 0.3) is 0 Å². The zero-order valence-electron chi connectivity index (χ0n) is 13.8. The lowest BCUT2D eigenvalue weighted by molar-refractivity contribution is -0.895. The number of benzene rings is 1. The summed E-state index contributed by atoms with van der Waals surface area (Å²) in [6.07, 6.45) is 0.534. The van der Waals surface area contributed by atoms with Crippen LogP contribution in [0.3, 0.4) is 0 Å². The molecule has 0 radical (unpaired) electrons. The van der Waals surface area contributed by atoms with Crippen molar-refractivity contribution in [2.24, 2.45) is 0 Å². The molecule has 2 rings (SSSR count). The summed E-state index contributed by atoms with van der Waals surface area (Å²) in [7, 11) is 0. The number of hydrogen-bond acceptors (Lipinski definition) is 3. The maximum atomic E-state index is 13.1. The fourth-order valence-electron chi connectivity index (χ4n) is 2.69. The predicted molar refractivity (Wildman–Crippen MR) is 87.1 cm³/mol. The van der Waals surface area contributed by atoms with Gasteiger partial charge in [0.05, 0.1) is 26.2 Å². The van der Waals surface area contributed by atoms with Gasteiger partial charge in [0.15, 0.2) is 6.54 Å². The molecule has 1 aromatic rings. The zero-order valence-corrected chi connectivity index (χ0v) is 13.8. The Balaban J connectivity index is 1.73. The highest BCUT2D eigenvalue weighted by Gasteiger charge is 2.25. The van der Waals surface area contributed by atoms with E-state index >= 15 is 0 Å². The molecule has 0 spiro atoms. The molecule has 2 N–H and O–H groups in total. The summed E-state index contributed by atoms with van der Waals surface area (Å²) in [4.78, 5) is 37.7. The van der Waals surface area contributed by atoms with Crippen LogP contribution in [-0.4, -0.2) is 55.2 Å². The maximum absolute atomic E-state index is 13.1. The van der Waals surface area contributed by atoms with Gasteiger partial charge in [-0.2, -0.15) is 0 Å². The van der Waals surface area contributed by atoms with Gasteiger partial charge in [-0.25, -0.2) is 4.39 Å². The smallest absolute Gasteiger partial charge is 0.279 e. The van der Waals surface area contributed by atoms with Crippen molar-refractivity contribution in [3.8, 4) is 0 Å². The molecule has 1 aliphatic heterocycles. The highest BCUT2D eigenvalue weighted by atomic mass is 19.1. The fraction of sp³-hybridized carbons (Fsp3) is 0.471. The second-order valence-electron chi connectivity index (χ2n) is 6.07. The lowest BCUT2D eigenvalue weighted by Crippen LogP contribution is -3.15. The van der Waals surface area contributed by atoms with Crippen molar-refractivity contribution in [1.82, 2.24) is 4.90 Å². The van der Waals surface area contributed by atoms with Gasteiger partial charge in [-0.05, 0) is 25.1 Å². The monoisotopic (exact) mass is 336 g/mol. The van der Waals surface area contributed by atoms with Gasteiger partial charge < -0.3 is 19.9 Å². The number of nitrogens with one attached hydrogen (secondary N) is 2. The Hall–Kier alpha value is -2.28. The number of anilines is 1. The third kappa shape index (κ3) is 5.73. The van der Waals surface area contributed by atoms with Crippen LogP contribution in [0.1, 0.15) is 19.8 Å². The molecule has 7 heteroatoms. The largest absolute Gasteiger partial charge is 0.331 e. The van der Waals surface area contributed by atoms with E-state index in [2.05, 4.69) is 5.32 Å². The van der Waals surface area contributed by atoms with E-state index in [1.54, 1.807) is 17.0 Å². The van der Waals surface area contributed by atoms with Crippen LogP contribution in [-0.2, 0) is 14.4 Å². The molecule has 0 saturated carbocycles. The van der Waals surface area contributed by atoms with E-state index in [1.165, 1.54) is 19.1 Å². The number of carbonyl (C=O) groups is 3. The fourth-order valence-corrected chi connectivity index (χ4v) is 2.69. The van der Waals surface area contributed by atoms with Gasteiger partial charge in [0, 0.05) is 18.5 Å². The minimum absolute atomic E-state index is 0.00605. The number of quaternary nitrogens is 1.